The molecule has 1 aliphatic rings. The Kier molecular flexibility index (Phi) is 12.8. The van der Waals surface area contributed by atoms with Crippen LogP contribution < -0.4 is 10.6 Å². The summed E-state index contributed by atoms with van der Waals surface area (Å²) in [6.45, 7) is 12.4. The third-order valence-corrected chi connectivity index (χ3v) is 4.61. The second kappa shape index (κ2) is 15.1. The van der Waals surface area contributed by atoms with Crippen LogP contribution in [0.25, 0.3) is 0 Å². The summed E-state index contributed by atoms with van der Waals surface area (Å²) in [7, 11) is 0. The van der Waals surface area contributed by atoms with Gasteiger partial charge in [-0.25, -0.2) is 14.2 Å². The molecule has 0 aromatic heterocycles. The van der Waals surface area contributed by atoms with Crippen LogP contribution in [-0.2, 0) is 9.53 Å². The lowest BCUT2D eigenvalue weighted by Crippen LogP contribution is -2.39. The van der Waals surface area contributed by atoms with Crippen molar-refractivity contribution in [1.29, 1.82) is 0 Å². The maximum absolute atomic E-state index is 14.3. The van der Waals surface area contributed by atoms with Gasteiger partial charge in [0.05, 0.1) is 18.9 Å². The Bertz CT molecular complexity index is 753. The second-order valence-corrected chi connectivity index (χ2v) is 6.90. The SMILES string of the molecule is CCNCCC=N/C=C(F)\C=C(/C)[C@@H](C)N(CC)C1=N/C(=C\C(=O)OCC)NC=CC1. The maximum atomic E-state index is 14.3. The highest BCUT2D eigenvalue weighted by Gasteiger charge is 2.19. The van der Waals surface area contributed by atoms with Crippen molar-refractivity contribution < 1.29 is 13.9 Å². The number of aliphatic imine (C=N–C) groups is 2. The highest BCUT2D eigenvalue weighted by atomic mass is 19.1. The van der Waals surface area contributed by atoms with E-state index in [1.807, 2.05) is 33.8 Å². The summed E-state index contributed by atoms with van der Waals surface area (Å²) >= 11 is 0. The Labute approximate surface area is 185 Å². The molecular weight excluding hydrogens is 397 g/mol. The van der Waals surface area contributed by atoms with E-state index in [4.69, 9.17) is 4.74 Å². The molecule has 1 atom stereocenters. The van der Waals surface area contributed by atoms with E-state index in [0.717, 1.165) is 30.9 Å². The van der Waals surface area contributed by atoms with Gasteiger partial charge in [-0.05, 0) is 58.5 Å². The number of esters is 1. The van der Waals surface area contributed by atoms with E-state index in [1.54, 1.807) is 19.3 Å². The number of rotatable bonds is 11. The van der Waals surface area contributed by atoms with Crippen molar-refractivity contribution in [3.8, 4) is 0 Å². The van der Waals surface area contributed by atoms with Crippen LogP contribution in [0.3, 0.4) is 0 Å². The van der Waals surface area contributed by atoms with Crippen molar-refractivity contribution in [1.82, 2.24) is 15.5 Å². The predicted octanol–water partition coefficient (Wildman–Crippen LogP) is 3.83. The van der Waals surface area contributed by atoms with E-state index in [2.05, 4.69) is 25.5 Å². The van der Waals surface area contributed by atoms with Gasteiger partial charge in [-0.2, -0.15) is 0 Å². The zero-order valence-corrected chi connectivity index (χ0v) is 19.3. The summed E-state index contributed by atoms with van der Waals surface area (Å²) < 4.78 is 19.2. The predicted molar refractivity (Wildman–Crippen MR) is 125 cm³/mol. The standard InChI is InChI=1S/C23H36FN5O2/c1-6-25-12-10-13-26-17-20(24)15-18(4)19(5)29(7-2)22-11-9-14-27-21(28-22)16-23(30)31-8-3/h9,13-17,19,25,27H,6-8,10-12H2,1-5H3/b18-15+,20-17+,21-16-,26-13?/t19-/m1/s1. The van der Waals surface area contributed by atoms with Crippen molar-refractivity contribution in [2.24, 2.45) is 9.98 Å². The maximum Gasteiger partial charge on any atom is 0.334 e. The van der Waals surface area contributed by atoms with Crippen molar-refractivity contribution in [3.63, 3.8) is 0 Å². The lowest BCUT2D eigenvalue weighted by Gasteiger charge is -2.31. The lowest BCUT2D eigenvalue weighted by molar-refractivity contribution is -0.137. The first kappa shape index (κ1) is 26.3. The van der Waals surface area contributed by atoms with Crippen LogP contribution in [-0.4, -0.2) is 55.2 Å². The third-order valence-electron chi connectivity index (χ3n) is 4.61. The van der Waals surface area contributed by atoms with Gasteiger partial charge < -0.3 is 20.3 Å². The minimum Gasteiger partial charge on any atom is -0.463 e. The van der Waals surface area contributed by atoms with Crippen LogP contribution in [0, 0.1) is 0 Å². The number of hydrogen-bond acceptors (Lipinski definition) is 7. The Morgan fingerprint density at radius 3 is 2.90 bits per heavy atom. The quantitative estimate of drug-likeness (QED) is 0.170. The molecule has 0 spiro atoms. The number of halogens is 1. The fourth-order valence-electron chi connectivity index (χ4n) is 2.92. The van der Waals surface area contributed by atoms with E-state index < -0.39 is 11.8 Å². The topological polar surface area (TPSA) is 78.3 Å². The smallest absolute Gasteiger partial charge is 0.334 e. The van der Waals surface area contributed by atoms with E-state index in [-0.39, 0.29) is 6.04 Å². The van der Waals surface area contributed by atoms with Gasteiger partial charge in [0, 0.05) is 31.8 Å². The van der Waals surface area contributed by atoms with E-state index in [0.29, 0.717) is 25.4 Å². The first-order valence-corrected chi connectivity index (χ1v) is 10.8. The van der Waals surface area contributed by atoms with Gasteiger partial charge in [0.2, 0.25) is 0 Å². The second-order valence-electron chi connectivity index (χ2n) is 6.90. The minimum absolute atomic E-state index is 0.0871. The molecule has 0 aromatic rings. The number of ether oxygens (including phenoxy) is 1. The molecular formula is C23H36FN5O2. The summed E-state index contributed by atoms with van der Waals surface area (Å²) in [6, 6.07) is -0.0871. The molecule has 2 N–H and O–H groups in total. The number of carbonyl (C=O) groups excluding carboxylic acids is 1. The van der Waals surface area contributed by atoms with Gasteiger partial charge in [0.25, 0.3) is 0 Å². The molecule has 0 bridgehead atoms. The average molecular weight is 434 g/mol. The first-order chi connectivity index (χ1) is 14.9. The summed E-state index contributed by atoms with van der Waals surface area (Å²) in [5.41, 5.74) is 0.846. The Morgan fingerprint density at radius 2 is 2.23 bits per heavy atom. The highest BCUT2D eigenvalue weighted by molar-refractivity contribution is 5.87. The normalized spacial score (nSPS) is 17.4. The molecule has 1 heterocycles. The molecule has 0 unspecified atom stereocenters. The molecule has 0 fully saturated rings. The molecule has 0 saturated heterocycles. The fraction of sp³-hybridized carbons (Fsp3) is 0.522. The summed E-state index contributed by atoms with van der Waals surface area (Å²) in [6.07, 6.45) is 10.8. The molecule has 1 rings (SSSR count). The third kappa shape index (κ3) is 10.2. The molecule has 172 valence electrons. The molecule has 8 heteroatoms. The van der Waals surface area contributed by atoms with E-state index in [9.17, 15) is 9.18 Å². The molecule has 0 aromatic carbocycles. The highest BCUT2D eigenvalue weighted by Crippen LogP contribution is 2.17. The van der Waals surface area contributed by atoms with Crippen molar-refractivity contribution in [3.05, 3.63) is 47.8 Å². The zero-order chi connectivity index (χ0) is 23.1. The average Bonchev–Trinajstić information content (AvgIpc) is 2.96. The van der Waals surface area contributed by atoms with Gasteiger partial charge in [0.15, 0.2) is 0 Å². The number of nitrogens with one attached hydrogen (secondary N) is 2. The van der Waals surface area contributed by atoms with Gasteiger partial charge in [-0.3, -0.25) is 4.99 Å². The monoisotopic (exact) mass is 433 g/mol. The van der Waals surface area contributed by atoms with Crippen LogP contribution in [0.15, 0.2) is 57.8 Å². The van der Waals surface area contributed by atoms with Gasteiger partial charge in [-0.15, -0.1) is 0 Å². The van der Waals surface area contributed by atoms with Crippen LogP contribution in [0.5, 0.6) is 0 Å². The number of hydrogen-bond donors (Lipinski definition) is 2. The molecule has 31 heavy (non-hydrogen) atoms. The molecule has 0 saturated carbocycles. The lowest BCUT2D eigenvalue weighted by atomic mass is 10.1. The summed E-state index contributed by atoms with van der Waals surface area (Å²) in [5, 5.41) is 6.17. The molecule has 0 aliphatic carbocycles. The summed E-state index contributed by atoms with van der Waals surface area (Å²) in [4.78, 5) is 22.5. The van der Waals surface area contributed by atoms with Crippen LogP contribution in [0.2, 0.25) is 0 Å². The first-order valence-electron chi connectivity index (χ1n) is 10.8. The zero-order valence-electron chi connectivity index (χ0n) is 19.3. The molecule has 7 nitrogen and oxygen atoms in total. The van der Waals surface area contributed by atoms with Crippen LogP contribution in [0.4, 0.5) is 4.39 Å². The molecule has 1 aliphatic heterocycles. The Morgan fingerprint density at radius 1 is 1.45 bits per heavy atom. The fourth-order valence-corrected chi connectivity index (χ4v) is 2.92. The Balaban J connectivity index is 2.93. The van der Waals surface area contributed by atoms with Gasteiger partial charge in [0.1, 0.15) is 17.5 Å². The van der Waals surface area contributed by atoms with E-state index >= 15 is 0 Å². The number of allylic oxidation sites excluding steroid dienone is 2. The number of likely N-dealkylation sites (N-methyl/N-ethyl adjacent to an activating group) is 1. The summed E-state index contributed by atoms with van der Waals surface area (Å²) in [5.74, 6) is 0.346. The van der Waals surface area contributed by atoms with Gasteiger partial charge >= 0.3 is 5.97 Å². The molecule has 0 amide bonds. The van der Waals surface area contributed by atoms with E-state index in [1.165, 1.54) is 18.4 Å². The van der Waals surface area contributed by atoms with Crippen molar-refractivity contribution in [2.75, 3.05) is 26.2 Å². The van der Waals surface area contributed by atoms with Crippen LogP contribution >= 0.6 is 0 Å². The van der Waals surface area contributed by atoms with Crippen LogP contribution in [0.1, 0.15) is 47.5 Å². The minimum atomic E-state index is -0.450. The molecule has 0 radical (unpaired) electrons. The number of amidine groups is 1. The Hall–Kier alpha value is -2.74. The number of nitrogens with zero attached hydrogens (tertiary/aromatic N) is 3. The largest absolute Gasteiger partial charge is 0.463 e. The number of carbonyl (C=O) groups is 1. The van der Waals surface area contributed by atoms with Gasteiger partial charge in [-0.1, -0.05) is 13.0 Å². The van der Waals surface area contributed by atoms with Crippen molar-refractivity contribution >= 4 is 18.0 Å². The van der Waals surface area contributed by atoms with Crippen molar-refractivity contribution in [2.45, 2.75) is 53.5 Å².